The molecule has 0 saturated carbocycles. The molecule has 0 fully saturated rings. The van der Waals surface area contributed by atoms with Crippen molar-refractivity contribution in [2.24, 2.45) is 5.73 Å². The van der Waals surface area contributed by atoms with Gasteiger partial charge in [-0.2, -0.15) is 0 Å². The van der Waals surface area contributed by atoms with Crippen LogP contribution < -0.4 is 32.3 Å². The van der Waals surface area contributed by atoms with Gasteiger partial charge in [0.2, 0.25) is 29.5 Å². The highest BCUT2D eigenvalue weighted by Gasteiger charge is 2.33. The van der Waals surface area contributed by atoms with Gasteiger partial charge in [0.1, 0.15) is 24.2 Å². The minimum atomic E-state index is -1.37. The number of carboxylic acid groups (broad SMARTS) is 1. The van der Waals surface area contributed by atoms with Crippen molar-refractivity contribution < 1.29 is 33.9 Å². The Kier molecular flexibility index (Phi) is 15.8. The number of thioether (sulfide) groups is 1. The van der Waals surface area contributed by atoms with E-state index in [1.807, 2.05) is 72.1 Å². The molecule has 14 heteroatoms. The molecule has 4 aromatic carbocycles. The summed E-state index contributed by atoms with van der Waals surface area (Å²) in [5.41, 5.74) is 9.83. The third-order valence-corrected chi connectivity index (χ3v) is 10.6. The van der Waals surface area contributed by atoms with E-state index in [4.69, 9.17) is 5.73 Å². The fourth-order valence-corrected chi connectivity index (χ4v) is 7.45. The molecule has 5 atom stereocenters. The molecule has 1 aliphatic heterocycles. The van der Waals surface area contributed by atoms with Gasteiger partial charge in [-0.25, -0.2) is 4.79 Å². The SMILES string of the molecule is CC(=O)N[C@H](CC1CC=CS1)C(=O)N[C@@H](Cc1ccc(-c2ccccc2)cc1)C(=O)N[C@H](Cc1ccccc1)C(=O)N[C@@H](Cc1ccc(NC(=O)CN)cc1)C(=O)O. The molecule has 1 heterocycles. The largest absolute Gasteiger partial charge is 0.480 e. The molecule has 58 heavy (non-hydrogen) atoms. The van der Waals surface area contributed by atoms with E-state index in [0.717, 1.165) is 23.1 Å². The highest BCUT2D eigenvalue weighted by atomic mass is 32.2. The van der Waals surface area contributed by atoms with Gasteiger partial charge in [0.15, 0.2) is 0 Å². The van der Waals surface area contributed by atoms with Crippen LogP contribution in [0.5, 0.6) is 0 Å². The van der Waals surface area contributed by atoms with Crippen LogP contribution in [0.25, 0.3) is 11.1 Å². The van der Waals surface area contributed by atoms with Gasteiger partial charge in [0, 0.05) is 37.1 Å². The summed E-state index contributed by atoms with van der Waals surface area (Å²) in [5.74, 6) is -4.02. The molecule has 0 bridgehead atoms. The Labute approximate surface area is 341 Å². The Bertz CT molecular complexity index is 2060. The number of nitrogens with one attached hydrogen (secondary N) is 5. The van der Waals surface area contributed by atoms with Crippen LogP contribution in [0.15, 0.2) is 121 Å². The number of rotatable bonds is 19. The summed E-state index contributed by atoms with van der Waals surface area (Å²) in [6.45, 7) is 1.13. The van der Waals surface area contributed by atoms with Gasteiger partial charge >= 0.3 is 5.97 Å². The van der Waals surface area contributed by atoms with Gasteiger partial charge < -0.3 is 37.4 Å². The molecule has 302 valence electrons. The summed E-state index contributed by atoms with van der Waals surface area (Å²) in [4.78, 5) is 78.6. The molecule has 13 nitrogen and oxygen atoms in total. The first-order chi connectivity index (χ1) is 28.0. The predicted molar refractivity (Wildman–Crippen MR) is 224 cm³/mol. The third kappa shape index (κ3) is 13.2. The van der Waals surface area contributed by atoms with Gasteiger partial charge in [0.05, 0.1) is 6.54 Å². The van der Waals surface area contributed by atoms with Crippen molar-refractivity contribution in [2.45, 2.75) is 68.4 Å². The van der Waals surface area contributed by atoms with Gasteiger partial charge in [-0.05, 0) is 58.2 Å². The Balaban J connectivity index is 1.38. The van der Waals surface area contributed by atoms with Crippen molar-refractivity contribution in [1.29, 1.82) is 0 Å². The molecular weight excluding hydrogens is 757 g/mol. The van der Waals surface area contributed by atoms with E-state index in [2.05, 4.69) is 26.6 Å². The number of benzene rings is 4. The van der Waals surface area contributed by atoms with Gasteiger partial charge in [-0.15, -0.1) is 11.8 Å². The smallest absolute Gasteiger partial charge is 0.326 e. The van der Waals surface area contributed by atoms with E-state index in [9.17, 15) is 33.9 Å². The van der Waals surface area contributed by atoms with Gasteiger partial charge in [-0.1, -0.05) is 103 Å². The Hall–Kier alpha value is -6.25. The molecule has 1 unspecified atom stereocenters. The maximum atomic E-state index is 14.3. The van der Waals surface area contributed by atoms with Crippen LogP contribution in [0.4, 0.5) is 5.69 Å². The number of nitrogens with two attached hydrogens (primary N) is 1. The number of hydrogen-bond acceptors (Lipinski definition) is 8. The number of allylic oxidation sites excluding steroid dienone is 1. The fourth-order valence-electron chi connectivity index (χ4n) is 6.48. The Morgan fingerprint density at radius 2 is 1.12 bits per heavy atom. The molecule has 8 N–H and O–H groups in total. The van der Waals surface area contributed by atoms with E-state index in [-0.39, 0.29) is 37.0 Å². The number of carbonyl (C=O) groups excluding carboxylic acids is 5. The van der Waals surface area contributed by atoms with Crippen molar-refractivity contribution in [2.75, 3.05) is 11.9 Å². The number of hydrogen-bond donors (Lipinski definition) is 7. The zero-order valence-corrected chi connectivity index (χ0v) is 32.9. The maximum Gasteiger partial charge on any atom is 0.326 e. The van der Waals surface area contributed by atoms with E-state index in [1.165, 1.54) is 6.92 Å². The Morgan fingerprint density at radius 1 is 0.638 bits per heavy atom. The molecule has 5 rings (SSSR count). The monoisotopic (exact) mass is 804 g/mol. The average Bonchev–Trinajstić information content (AvgIpc) is 3.74. The van der Waals surface area contributed by atoms with Gasteiger partial charge in [0.25, 0.3) is 0 Å². The highest BCUT2D eigenvalue weighted by molar-refractivity contribution is 8.03. The second kappa shape index (κ2) is 21.3. The average molecular weight is 805 g/mol. The first kappa shape index (κ1) is 42.9. The molecule has 5 amide bonds. The standard InChI is InChI=1S/C44H48N6O7S/c1-28(51)46-38(26-35-13-8-22-58-35)43(55)49-37(24-30-14-18-33(19-15-30)32-11-6-3-7-12-32)41(53)48-36(23-29-9-4-2-5-10-29)42(54)50-39(44(56)57)25-31-16-20-34(21-17-31)47-40(52)27-45/h2-12,14-22,35-39H,13,23-27,45H2,1H3,(H,46,51)(H,47,52)(H,48,53)(H,49,55)(H,50,54)(H,56,57)/t35?,36-,37+,38-,39+/m1/s1. The van der Waals surface area contributed by atoms with E-state index in [0.29, 0.717) is 23.2 Å². The van der Waals surface area contributed by atoms with Crippen molar-refractivity contribution in [3.63, 3.8) is 0 Å². The summed E-state index contributed by atoms with van der Waals surface area (Å²) < 4.78 is 0. The molecule has 0 spiro atoms. The second-order valence-corrected chi connectivity index (χ2v) is 15.2. The minimum Gasteiger partial charge on any atom is -0.480 e. The summed E-state index contributed by atoms with van der Waals surface area (Å²) >= 11 is 1.57. The van der Waals surface area contributed by atoms with Crippen molar-refractivity contribution >= 4 is 53.0 Å². The molecule has 0 aliphatic carbocycles. The first-order valence-corrected chi connectivity index (χ1v) is 19.9. The van der Waals surface area contributed by atoms with Gasteiger partial charge in [-0.3, -0.25) is 24.0 Å². The van der Waals surface area contributed by atoms with Crippen LogP contribution in [0.1, 0.15) is 36.5 Å². The number of carbonyl (C=O) groups is 6. The van der Waals surface area contributed by atoms with Crippen LogP contribution in [0.3, 0.4) is 0 Å². The van der Waals surface area contributed by atoms with Crippen LogP contribution in [-0.2, 0) is 48.0 Å². The normalized spacial score (nSPS) is 15.2. The molecular formula is C44H48N6O7S. The minimum absolute atomic E-state index is 0.0210. The lowest BCUT2D eigenvalue weighted by molar-refractivity contribution is -0.142. The van der Waals surface area contributed by atoms with Crippen LogP contribution in [-0.4, -0.2) is 76.6 Å². The number of amides is 5. The van der Waals surface area contributed by atoms with E-state index < -0.39 is 53.8 Å². The quantitative estimate of drug-likeness (QED) is 0.0736. The lowest BCUT2D eigenvalue weighted by Crippen LogP contribution is -2.59. The third-order valence-electron chi connectivity index (χ3n) is 9.49. The maximum absolute atomic E-state index is 14.3. The summed E-state index contributed by atoms with van der Waals surface area (Å²) in [6, 6.07) is 28.1. The predicted octanol–water partition coefficient (Wildman–Crippen LogP) is 3.73. The van der Waals surface area contributed by atoms with Crippen molar-refractivity contribution in [3.8, 4) is 11.1 Å². The summed E-state index contributed by atoms with van der Waals surface area (Å²) in [6.07, 6.45) is 3.06. The molecule has 0 radical (unpaired) electrons. The summed E-state index contributed by atoms with van der Waals surface area (Å²) in [5, 5.41) is 25.8. The van der Waals surface area contributed by atoms with Crippen LogP contribution in [0, 0.1) is 0 Å². The van der Waals surface area contributed by atoms with E-state index in [1.54, 1.807) is 60.3 Å². The molecule has 0 aromatic heterocycles. The Morgan fingerprint density at radius 3 is 1.64 bits per heavy atom. The lowest BCUT2D eigenvalue weighted by atomic mass is 9.99. The second-order valence-electron chi connectivity index (χ2n) is 14.0. The zero-order chi connectivity index (χ0) is 41.4. The molecule has 1 aliphatic rings. The highest BCUT2D eigenvalue weighted by Crippen LogP contribution is 2.28. The summed E-state index contributed by atoms with van der Waals surface area (Å²) in [7, 11) is 0. The topological polar surface area (TPSA) is 209 Å². The lowest BCUT2D eigenvalue weighted by Gasteiger charge is -2.27. The zero-order valence-electron chi connectivity index (χ0n) is 32.1. The first-order valence-electron chi connectivity index (χ1n) is 19.0. The van der Waals surface area contributed by atoms with Crippen molar-refractivity contribution in [1.82, 2.24) is 21.3 Å². The number of anilines is 1. The van der Waals surface area contributed by atoms with Crippen LogP contribution in [0.2, 0.25) is 0 Å². The number of carboxylic acids is 1. The van der Waals surface area contributed by atoms with E-state index >= 15 is 0 Å². The van der Waals surface area contributed by atoms with Crippen molar-refractivity contribution in [3.05, 3.63) is 137 Å². The van der Waals surface area contributed by atoms with Crippen LogP contribution >= 0.6 is 11.8 Å². The molecule has 0 saturated heterocycles. The fraction of sp³-hybridized carbons (Fsp3) is 0.273. The number of aliphatic carboxylic acids is 1. The molecule has 4 aromatic rings.